The Hall–Kier alpha value is -3.66. The Morgan fingerprint density at radius 2 is 1.87 bits per heavy atom. The van der Waals surface area contributed by atoms with Crippen LogP contribution in [0.3, 0.4) is 0 Å². The molecule has 4 rings (SSSR count). The molecule has 0 saturated carbocycles. The van der Waals surface area contributed by atoms with E-state index >= 15 is 0 Å². The molecule has 0 amide bonds. The number of rotatable bonds is 7. The van der Waals surface area contributed by atoms with Crippen molar-refractivity contribution in [1.29, 1.82) is 0 Å². The molecule has 0 radical (unpaired) electrons. The molecule has 31 heavy (non-hydrogen) atoms. The summed E-state index contributed by atoms with van der Waals surface area (Å²) in [6, 6.07) is 12.6. The first-order valence-corrected chi connectivity index (χ1v) is 9.11. The average molecular weight is 432 g/mol. The van der Waals surface area contributed by atoms with E-state index in [0.29, 0.717) is 17.2 Å². The molecule has 4 aromatic rings. The maximum atomic E-state index is 13.2. The second-order valence-electron chi connectivity index (χ2n) is 6.59. The van der Waals surface area contributed by atoms with Gasteiger partial charge in [0.15, 0.2) is 11.5 Å². The summed E-state index contributed by atoms with van der Waals surface area (Å²) in [5, 5.41) is 12.1. The molecule has 0 atom stereocenters. The lowest BCUT2D eigenvalue weighted by Gasteiger charge is -2.17. The van der Waals surface area contributed by atoms with Crippen LogP contribution in [-0.4, -0.2) is 32.0 Å². The number of aliphatic hydroxyl groups is 1. The van der Waals surface area contributed by atoms with Crippen molar-refractivity contribution in [1.82, 2.24) is 14.4 Å². The summed E-state index contributed by atoms with van der Waals surface area (Å²) in [5.74, 6) is -0.0891. The SMILES string of the molecule is OCc1ccc(-c2cnc3c(Nc4cccc(OC(F)(F)C(F)F)c4)nccn23)cc1. The van der Waals surface area contributed by atoms with Crippen molar-refractivity contribution in [3.05, 3.63) is 72.7 Å². The third-order valence-corrected chi connectivity index (χ3v) is 4.47. The molecule has 0 aliphatic carbocycles. The first-order chi connectivity index (χ1) is 14.9. The molecule has 2 aromatic heterocycles. The van der Waals surface area contributed by atoms with E-state index in [0.717, 1.165) is 22.9 Å². The zero-order chi connectivity index (χ0) is 22.0. The molecule has 2 aromatic carbocycles. The highest BCUT2D eigenvalue weighted by Crippen LogP contribution is 2.30. The van der Waals surface area contributed by atoms with Gasteiger partial charge < -0.3 is 15.2 Å². The van der Waals surface area contributed by atoms with Gasteiger partial charge in [-0.2, -0.15) is 17.6 Å². The summed E-state index contributed by atoms with van der Waals surface area (Å²) in [7, 11) is 0. The van der Waals surface area contributed by atoms with Gasteiger partial charge in [-0.1, -0.05) is 30.3 Å². The first-order valence-electron chi connectivity index (χ1n) is 9.11. The average Bonchev–Trinajstić information content (AvgIpc) is 3.19. The van der Waals surface area contributed by atoms with Gasteiger partial charge in [-0.15, -0.1) is 0 Å². The molecule has 0 unspecified atom stereocenters. The van der Waals surface area contributed by atoms with Crippen molar-refractivity contribution in [3.8, 4) is 17.0 Å². The number of aliphatic hydroxyl groups excluding tert-OH is 1. The lowest BCUT2D eigenvalue weighted by atomic mass is 10.1. The molecule has 0 aliphatic heterocycles. The largest absolute Gasteiger partial charge is 0.461 e. The van der Waals surface area contributed by atoms with E-state index in [1.54, 1.807) is 35.0 Å². The van der Waals surface area contributed by atoms with Crippen LogP contribution in [0, 0.1) is 0 Å². The topological polar surface area (TPSA) is 71.7 Å². The summed E-state index contributed by atoms with van der Waals surface area (Å²) in [4.78, 5) is 8.61. The number of alkyl halides is 4. The van der Waals surface area contributed by atoms with Gasteiger partial charge in [-0.05, 0) is 17.7 Å². The Morgan fingerprint density at radius 1 is 1.10 bits per heavy atom. The summed E-state index contributed by atoms with van der Waals surface area (Å²) in [5.41, 5.74) is 3.19. The Labute approximate surface area is 173 Å². The number of imidazole rings is 1. The van der Waals surface area contributed by atoms with Crippen LogP contribution in [0.1, 0.15) is 5.56 Å². The predicted octanol–water partition coefficient (Wildman–Crippen LogP) is 4.87. The summed E-state index contributed by atoms with van der Waals surface area (Å²) in [6.45, 7) is -0.0581. The molecular formula is C21H16F4N4O2. The number of hydrogen-bond acceptors (Lipinski definition) is 5. The highest BCUT2D eigenvalue weighted by atomic mass is 19.3. The monoisotopic (exact) mass is 432 g/mol. The number of benzene rings is 2. The van der Waals surface area contributed by atoms with Crippen LogP contribution in [0.4, 0.5) is 29.1 Å². The normalized spacial score (nSPS) is 11.8. The van der Waals surface area contributed by atoms with Gasteiger partial charge in [0.1, 0.15) is 5.75 Å². The van der Waals surface area contributed by atoms with E-state index in [9.17, 15) is 22.7 Å². The minimum Gasteiger partial charge on any atom is -0.428 e. The van der Waals surface area contributed by atoms with Gasteiger partial charge in [0.2, 0.25) is 0 Å². The number of aromatic nitrogens is 3. The molecule has 160 valence electrons. The van der Waals surface area contributed by atoms with E-state index in [1.165, 1.54) is 18.3 Å². The zero-order valence-electron chi connectivity index (χ0n) is 15.8. The minimum absolute atomic E-state index is 0.0581. The summed E-state index contributed by atoms with van der Waals surface area (Å²) in [6.07, 6.45) is -3.65. The van der Waals surface area contributed by atoms with Crippen LogP contribution in [0.15, 0.2) is 67.1 Å². The van der Waals surface area contributed by atoms with Gasteiger partial charge >= 0.3 is 12.5 Å². The number of fused-ring (bicyclic) bond motifs is 1. The van der Waals surface area contributed by atoms with Gasteiger partial charge in [0.25, 0.3) is 0 Å². The van der Waals surface area contributed by atoms with Crippen molar-refractivity contribution in [2.75, 3.05) is 5.32 Å². The van der Waals surface area contributed by atoms with Crippen molar-refractivity contribution < 1.29 is 27.4 Å². The number of nitrogens with zero attached hydrogens (tertiary/aromatic N) is 3. The van der Waals surface area contributed by atoms with Crippen LogP contribution in [0.2, 0.25) is 0 Å². The van der Waals surface area contributed by atoms with Crippen molar-refractivity contribution >= 4 is 17.2 Å². The highest BCUT2D eigenvalue weighted by Gasteiger charge is 2.44. The van der Waals surface area contributed by atoms with Crippen LogP contribution in [0.5, 0.6) is 5.75 Å². The number of anilines is 2. The Balaban J connectivity index is 1.62. The van der Waals surface area contributed by atoms with Gasteiger partial charge in [0, 0.05) is 29.7 Å². The molecule has 0 spiro atoms. The summed E-state index contributed by atoms with van der Waals surface area (Å²) < 4.78 is 57.0. The number of hydrogen-bond donors (Lipinski definition) is 2. The van der Waals surface area contributed by atoms with Crippen LogP contribution in [0.25, 0.3) is 16.9 Å². The molecule has 2 N–H and O–H groups in total. The Bertz CT molecular complexity index is 1200. The molecular weight excluding hydrogens is 416 g/mol. The molecule has 0 bridgehead atoms. The Morgan fingerprint density at radius 3 is 2.58 bits per heavy atom. The zero-order valence-corrected chi connectivity index (χ0v) is 15.8. The smallest absolute Gasteiger partial charge is 0.428 e. The highest BCUT2D eigenvalue weighted by molar-refractivity contribution is 5.74. The van der Waals surface area contributed by atoms with Crippen molar-refractivity contribution in [2.45, 2.75) is 19.1 Å². The van der Waals surface area contributed by atoms with Crippen LogP contribution in [-0.2, 0) is 6.61 Å². The van der Waals surface area contributed by atoms with Crippen LogP contribution < -0.4 is 10.1 Å². The summed E-state index contributed by atoms with van der Waals surface area (Å²) >= 11 is 0. The van der Waals surface area contributed by atoms with E-state index in [1.807, 2.05) is 12.1 Å². The number of ether oxygens (including phenoxy) is 1. The van der Waals surface area contributed by atoms with Gasteiger partial charge in [-0.3, -0.25) is 4.40 Å². The number of halogens is 4. The van der Waals surface area contributed by atoms with E-state index in [2.05, 4.69) is 20.0 Å². The fraction of sp³-hybridized carbons (Fsp3) is 0.143. The van der Waals surface area contributed by atoms with E-state index in [4.69, 9.17) is 0 Å². The second kappa shape index (κ2) is 8.23. The van der Waals surface area contributed by atoms with E-state index in [-0.39, 0.29) is 6.61 Å². The fourth-order valence-corrected chi connectivity index (χ4v) is 2.98. The minimum atomic E-state index is -4.60. The molecule has 10 heteroatoms. The van der Waals surface area contributed by atoms with Crippen molar-refractivity contribution in [3.63, 3.8) is 0 Å². The molecule has 0 fully saturated rings. The maximum Gasteiger partial charge on any atom is 0.461 e. The Kier molecular flexibility index (Phi) is 5.47. The molecule has 0 aliphatic rings. The lowest BCUT2D eigenvalue weighted by Crippen LogP contribution is -2.33. The quantitative estimate of drug-likeness (QED) is 0.408. The fourth-order valence-electron chi connectivity index (χ4n) is 2.98. The second-order valence-corrected chi connectivity index (χ2v) is 6.59. The van der Waals surface area contributed by atoms with Crippen molar-refractivity contribution in [2.24, 2.45) is 0 Å². The lowest BCUT2D eigenvalue weighted by molar-refractivity contribution is -0.253. The third-order valence-electron chi connectivity index (χ3n) is 4.47. The van der Waals surface area contributed by atoms with Gasteiger partial charge in [0.05, 0.1) is 18.5 Å². The standard InChI is InChI=1S/C21H16F4N4O2/c22-20(23)21(24,25)31-16-3-1-2-15(10-16)28-18-19-27-11-17(29(19)9-8-26-18)14-6-4-13(12-30)5-7-14/h1-11,20,30H,12H2,(H,26,28). The van der Waals surface area contributed by atoms with E-state index < -0.39 is 18.3 Å². The predicted molar refractivity (Wildman–Crippen MR) is 106 cm³/mol. The third kappa shape index (κ3) is 4.29. The molecule has 6 nitrogen and oxygen atoms in total. The maximum absolute atomic E-state index is 13.2. The van der Waals surface area contributed by atoms with Crippen LogP contribution >= 0.6 is 0 Å². The molecule has 0 saturated heterocycles. The number of nitrogens with one attached hydrogen (secondary N) is 1. The molecule has 2 heterocycles. The van der Waals surface area contributed by atoms with Gasteiger partial charge in [-0.25, -0.2) is 9.97 Å². The first kappa shape index (κ1) is 20.6.